The smallest absolute Gasteiger partial charge is 0.0509 e. The molecule has 2 heterocycles. The van der Waals surface area contributed by atoms with Crippen LogP contribution in [0, 0.1) is 0 Å². The lowest BCUT2D eigenvalue weighted by atomic mass is 9.59. The topological polar surface area (TPSA) is 31.6 Å². The number of aryl methyl sites for hydroxylation is 1. The largest absolute Gasteiger partial charge is 0.358 e. The lowest BCUT2D eigenvalue weighted by Crippen LogP contribution is -2.37. The van der Waals surface area contributed by atoms with Crippen molar-refractivity contribution in [2.45, 2.75) is 65.2 Å². The van der Waals surface area contributed by atoms with Crippen LogP contribution in [-0.2, 0) is 17.3 Å². The summed E-state index contributed by atoms with van der Waals surface area (Å²) in [7, 11) is 0. The molecule has 0 radical (unpaired) electrons. The van der Waals surface area contributed by atoms with Gasteiger partial charge in [0.2, 0.25) is 0 Å². The summed E-state index contributed by atoms with van der Waals surface area (Å²) in [6, 6.07) is 18.2. The zero-order chi connectivity index (χ0) is 23.8. The zero-order valence-electron chi connectivity index (χ0n) is 21.2. The zero-order valence-corrected chi connectivity index (χ0v) is 21.2. The third-order valence-electron chi connectivity index (χ3n) is 8.25. The Morgan fingerprint density at radius 2 is 1.32 bits per heavy atom. The summed E-state index contributed by atoms with van der Waals surface area (Å²) in [4.78, 5) is 7.67. The average molecular weight is 447 g/mol. The van der Waals surface area contributed by atoms with Gasteiger partial charge in [0.05, 0.1) is 11.0 Å². The molecule has 0 amide bonds. The van der Waals surface area contributed by atoms with Gasteiger partial charge in [-0.1, -0.05) is 96.2 Å². The van der Waals surface area contributed by atoms with Gasteiger partial charge in [-0.15, -0.1) is 0 Å². The van der Waals surface area contributed by atoms with Crippen molar-refractivity contribution in [3.05, 3.63) is 88.1 Å². The number of fused-ring (bicyclic) bond motifs is 8. The monoisotopic (exact) mass is 446 g/mol. The molecule has 0 unspecified atom stereocenters. The van der Waals surface area contributed by atoms with Crippen molar-refractivity contribution in [1.82, 2.24) is 9.97 Å². The fraction of sp³-hybridized carbons (Fsp3) is 0.312. The first kappa shape index (κ1) is 21.3. The quantitative estimate of drug-likeness (QED) is 0.278. The highest BCUT2D eigenvalue weighted by molar-refractivity contribution is 6.09. The summed E-state index contributed by atoms with van der Waals surface area (Å²) in [6.07, 6.45) is 6.64. The molecule has 2 N–H and O–H groups in total. The highest BCUT2D eigenvalue weighted by Gasteiger charge is 2.44. The van der Waals surface area contributed by atoms with E-state index in [1.807, 2.05) is 0 Å². The summed E-state index contributed by atoms with van der Waals surface area (Å²) in [5.74, 6) is 0. The van der Waals surface area contributed by atoms with Crippen molar-refractivity contribution in [2.75, 3.05) is 0 Å². The molecule has 5 aromatic rings. The predicted octanol–water partition coefficient (Wildman–Crippen LogP) is 8.75. The molecule has 2 aromatic heterocycles. The number of aromatic amines is 2. The fourth-order valence-electron chi connectivity index (χ4n) is 6.57. The number of allylic oxidation sites excluding steroid dienone is 1. The van der Waals surface area contributed by atoms with Crippen LogP contribution in [-0.4, -0.2) is 9.97 Å². The summed E-state index contributed by atoms with van der Waals surface area (Å²) in [6.45, 7) is 14.1. The van der Waals surface area contributed by atoms with Crippen molar-refractivity contribution >= 4 is 38.8 Å². The fourth-order valence-corrected chi connectivity index (χ4v) is 6.57. The van der Waals surface area contributed by atoms with Gasteiger partial charge in [0.25, 0.3) is 0 Å². The SMILES string of the molecule is CC/C=C\c1c(CC)[nH]c2c3c(ccc12)C(C)(C)c1c(ccc2c1[nH]c1ccccc12)C3(C)C. The molecule has 2 nitrogen and oxygen atoms in total. The maximum atomic E-state index is 3.87. The van der Waals surface area contributed by atoms with E-state index in [0.717, 1.165) is 12.8 Å². The molecule has 1 aliphatic carbocycles. The van der Waals surface area contributed by atoms with Gasteiger partial charge in [-0.2, -0.15) is 0 Å². The molecule has 0 spiro atoms. The summed E-state index contributed by atoms with van der Waals surface area (Å²) in [5, 5.41) is 3.97. The van der Waals surface area contributed by atoms with Crippen LogP contribution in [0.2, 0.25) is 0 Å². The Morgan fingerprint density at radius 1 is 0.706 bits per heavy atom. The molecule has 172 valence electrons. The number of nitrogens with one attached hydrogen (secondary N) is 2. The van der Waals surface area contributed by atoms with Crippen molar-refractivity contribution in [3.63, 3.8) is 0 Å². The van der Waals surface area contributed by atoms with E-state index in [2.05, 4.69) is 112 Å². The first-order valence-corrected chi connectivity index (χ1v) is 12.7. The standard InChI is InChI=1S/C32H34N2/c1-7-9-12-19-21-15-17-23-27(29(21)33-25(19)8-2)31(3,4)24-18-16-22-20-13-10-11-14-26(20)34-30(22)28(24)32(23,5)6/h9-18,33-34H,7-8H2,1-6H3/b12-9-. The van der Waals surface area contributed by atoms with Gasteiger partial charge < -0.3 is 9.97 Å². The molecule has 0 saturated carbocycles. The van der Waals surface area contributed by atoms with Gasteiger partial charge in [-0.3, -0.25) is 0 Å². The van der Waals surface area contributed by atoms with Crippen molar-refractivity contribution in [2.24, 2.45) is 0 Å². The first-order chi connectivity index (χ1) is 16.3. The van der Waals surface area contributed by atoms with Gasteiger partial charge in [0, 0.05) is 43.8 Å². The molecular weight excluding hydrogens is 412 g/mol. The minimum absolute atomic E-state index is 0.118. The molecular formula is C32H34N2. The van der Waals surface area contributed by atoms with E-state index in [9.17, 15) is 0 Å². The minimum atomic E-state index is -0.119. The number of H-pyrrole nitrogens is 2. The van der Waals surface area contributed by atoms with Gasteiger partial charge >= 0.3 is 0 Å². The molecule has 6 rings (SSSR count). The molecule has 34 heavy (non-hydrogen) atoms. The number of hydrogen-bond acceptors (Lipinski definition) is 0. The van der Waals surface area contributed by atoms with E-state index in [0.29, 0.717) is 0 Å². The van der Waals surface area contributed by atoms with Crippen LogP contribution in [0.1, 0.15) is 81.5 Å². The van der Waals surface area contributed by atoms with Crippen LogP contribution >= 0.6 is 0 Å². The van der Waals surface area contributed by atoms with Gasteiger partial charge in [-0.25, -0.2) is 0 Å². The van der Waals surface area contributed by atoms with E-state index < -0.39 is 0 Å². The second kappa shape index (κ2) is 7.12. The Morgan fingerprint density at radius 3 is 1.97 bits per heavy atom. The predicted molar refractivity (Wildman–Crippen MR) is 147 cm³/mol. The van der Waals surface area contributed by atoms with Crippen molar-refractivity contribution in [1.29, 1.82) is 0 Å². The molecule has 0 atom stereocenters. The molecule has 1 aliphatic rings. The molecule has 2 heteroatoms. The van der Waals surface area contributed by atoms with Gasteiger partial charge in [0.1, 0.15) is 0 Å². The summed E-state index contributed by atoms with van der Waals surface area (Å²) in [5.41, 5.74) is 12.0. The Balaban J connectivity index is 1.71. The lowest BCUT2D eigenvalue weighted by Gasteiger charge is -2.44. The average Bonchev–Trinajstić information content (AvgIpc) is 3.38. The second-order valence-electron chi connectivity index (χ2n) is 10.9. The van der Waals surface area contributed by atoms with E-state index in [4.69, 9.17) is 0 Å². The van der Waals surface area contributed by atoms with Crippen LogP contribution in [0.15, 0.2) is 54.6 Å². The maximum absolute atomic E-state index is 3.87. The molecule has 3 aromatic carbocycles. The highest BCUT2D eigenvalue weighted by atomic mass is 14.7. The lowest BCUT2D eigenvalue weighted by molar-refractivity contribution is 0.528. The Labute approximate surface area is 202 Å². The molecule has 0 bridgehead atoms. The molecule has 0 fully saturated rings. The minimum Gasteiger partial charge on any atom is -0.358 e. The number of aromatic nitrogens is 2. The van der Waals surface area contributed by atoms with Crippen LogP contribution in [0.25, 0.3) is 38.8 Å². The van der Waals surface area contributed by atoms with E-state index in [-0.39, 0.29) is 10.8 Å². The van der Waals surface area contributed by atoms with E-state index in [1.54, 1.807) is 0 Å². The summed E-state index contributed by atoms with van der Waals surface area (Å²) >= 11 is 0. The number of hydrogen-bond donors (Lipinski definition) is 2. The van der Waals surface area contributed by atoms with Crippen LogP contribution < -0.4 is 0 Å². The second-order valence-corrected chi connectivity index (χ2v) is 10.9. The van der Waals surface area contributed by atoms with E-state index in [1.165, 1.54) is 66.2 Å². The van der Waals surface area contributed by atoms with Crippen LogP contribution in [0.3, 0.4) is 0 Å². The Hall–Kier alpha value is -3.26. The third kappa shape index (κ3) is 2.63. The van der Waals surface area contributed by atoms with Crippen molar-refractivity contribution in [3.8, 4) is 0 Å². The highest BCUT2D eigenvalue weighted by Crippen LogP contribution is 2.54. The van der Waals surface area contributed by atoms with Gasteiger partial charge in [-0.05, 0) is 41.2 Å². The normalized spacial score (nSPS) is 16.5. The Kier molecular flexibility index (Phi) is 4.46. The summed E-state index contributed by atoms with van der Waals surface area (Å²) < 4.78 is 0. The number of benzene rings is 3. The Bertz CT molecular complexity index is 1620. The number of para-hydroxylation sites is 1. The third-order valence-corrected chi connectivity index (χ3v) is 8.25. The van der Waals surface area contributed by atoms with Crippen LogP contribution in [0.5, 0.6) is 0 Å². The first-order valence-electron chi connectivity index (χ1n) is 12.7. The van der Waals surface area contributed by atoms with Gasteiger partial charge in [0.15, 0.2) is 0 Å². The van der Waals surface area contributed by atoms with Crippen molar-refractivity contribution < 1.29 is 0 Å². The number of rotatable bonds is 3. The molecule has 0 aliphatic heterocycles. The maximum Gasteiger partial charge on any atom is 0.0509 e. The van der Waals surface area contributed by atoms with Crippen LogP contribution in [0.4, 0.5) is 0 Å². The molecule has 0 saturated heterocycles. The van der Waals surface area contributed by atoms with E-state index >= 15 is 0 Å².